The number of benzene rings is 1. The lowest BCUT2D eigenvalue weighted by molar-refractivity contribution is 0.0588. The zero-order chi connectivity index (χ0) is 22.3. The molecule has 0 aliphatic rings. The Labute approximate surface area is 183 Å². The average molecular weight is 430 g/mol. The fourth-order valence-corrected chi connectivity index (χ4v) is 3.32. The molecule has 0 saturated heterocycles. The van der Waals surface area contributed by atoms with Gasteiger partial charge in [0.25, 0.3) is 0 Å². The van der Waals surface area contributed by atoms with Gasteiger partial charge in [0.15, 0.2) is 5.76 Å². The summed E-state index contributed by atoms with van der Waals surface area (Å²) < 4.78 is 12.9. The maximum absolute atomic E-state index is 11.7. The Kier molecular flexibility index (Phi) is 8.29. The van der Waals surface area contributed by atoms with Crippen molar-refractivity contribution >= 4 is 34.6 Å². The number of nitrogens with zero attached hydrogens (tertiary/aromatic N) is 3. The number of carbonyl (C=O) groups is 1. The van der Waals surface area contributed by atoms with E-state index in [-0.39, 0.29) is 17.5 Å². The third-order valence-electron chi connectivity index (χ3n) is 4.44. The van der Waals surface area contributed by atoms with Crippen LogP contribution in [0.1, 0.15) is 50.2 Å². The van der Waals surface area contributed by atoms with E-state index in [0.29, 0.717) is 11.5 Å². The van der Waals surface area contributed by atoms with E-state index >= 15 is 0 Å². The lowest BCUT2D eigenvalue weighted by atomic mass is 9.86. The Bertz CT molecular complexity index is 922. The van der Waals surface area contributed by atoms with E-state index in [9.17, 15) is 4.79 Å². The molecule has 0 N–H and O–H groups in total. The van der Waals surface area contributed by atoms with Crippen LogP contribution in [0.15, 0.2) is 35.3 Å². The summed E-state index contributed by atoms with van der Waals surface area (Å²) >= 11 is 1.10. The topological polar surface area (TPSA) is 65.7 Å². The molecular weight excluding hydrogens is 398 g/mol. The van der Waals surface area contributed by atoms with Crippen LogP contribution < -0.4 is 0 Å². The molecule has 0 aliphatic heterocycles. The number of carbonyl (C=O) groups excluding carboxylic acids is 1. The second kappa shape index (κ2) is 10.5. The van der Waals surface area contributed by atoms with Gasteiger partial charge in [-0.15, -0.1) is 0 Å². The highest BCUT2D eigenvalue weighted by molar-refractivity contribution is 8.13. The van der Waals surface area contributed by atoms with Crippen LogP contribution in [0.5, 0.6) is 0 Å². The van der Waals surface area contributed by atoms with E-state index in [0.717, 1.165) is 34.3 Å². The number of hydrogen-bond donors (Lipinski definition) is 0. The summed E-state index contributed by atoms with van der Waals surface area (Å²) in [6.45, 7) is 10.2. The molecule has 162 valence electrons. The van der Waals surface area contributed by atoms with Crippen molar-refractivity contribution in [3.05, 3.63) is 52.8 Å². The Morgan fingerprint density at radius 2 is 1.90 bits per heavy atom. The van der Waals surface area contributed by atoms with Crippen molar-refractivity contribution in [1.29, 1.82) is 0 Å². The summed E-state index contributed by atoms with van der Waals surface area (Å²) in [4.78, 5) is 16.0. The van der Waals surface area contributed by atoms with Crippen molar-refractivity contribution in [3.63, 3.8) is 0 Å². The number of rotatable bonds is 7. The zero-order valence-electron chi connectivity index (χ0n) is 18.9. The van der Waals surface area contributed by atoms with E-state index < -0.39 is 0 Å². The summed E-state index contributed by atoms with van der Waals surface area (Å²) in [5.41, 5.74) is 4.69. The quantitative estimate of drug-likeness (QED) is 0.253. The first kappa shape index (κ1) is 23.7. The molecule has 7 heteroatoms. The molecule has 1 aromatic heterocycles. The first-order valence-corrected chi connectivity index (χ1v) is 10.9. The van der Waals surface area contributed by atoms with Crippen LogP contribution in [0.3, 0.4) is 0 Å². The lowest BCUT2D eigenvalue weighted by Gasteiger charge is -2.20. The maximum Gasteiger partial charge on any atom is 0.370 e. The number of aliphatic imine (C=N–C) groups is 1. The first-order valence-electron chi connectivity index (χ1n) is 9.88. The van der Waals surface area contributed by atoms with Crippen molar-refractivity contribution in [2.75, 3.05) is 19.6 Å². The predicted molar refractivity (Wildman–Crippen MR) is 125 cm³/mol. The van der Waals surface area contributed by atoms with E-state index in [2.05, 4.69) is 55.1 Å². The number of hydrogen-bond acceptors (Lipinski definition) is 6. The third kappa shape index (κ3) is 6.23. The largest absolute Gasteiger partial charge is 0.454 e. The van der Waals surface area contributed by atoms with Gasteiger partial charge in [-0.25, -0.2) is 4.79 Å². The first-order chi connectivity index (χ1) is 14.2. The predicted octanol–water partition coefficient (Wildman–Crippen LogP) is 5.46. The molecule has 2 aromatic rings. The van der Waals surface area contributed by atoms with E-state index in [1.807, 2.05) is 27.0 Å². The van der Waals surface area contributed by atoms with Gasteiger partial charge >= 0.3 is 5.30 Å². The van der Waals surface area contributed by atoms with Crippen LogP contribution in [0, 0.1) is 6.92 Å². The minimum Gasteiger partial charge on any atom is -0.454 e. The van der Waals surface area contributed by atoms with Crippen LogP contribution in [0.2, 0.25) is 0 Å². The third-order valence-corrected chi connectivity index (χ3v) is 5.08. The Balaban J connectivity index is 2.51. The van der Waals surface area contributed by atoms with Gasteiger partial charge in [0.2, 0.25) is 6.79 Å². The molecule has 0 amide bonds. The lowest BCUT2D eigenvalue weighted by Crippen LogP contribution is -2.11. The summed E-state index contributed by atoms with van der Waals surface area (Å²) in [5.74, 6) is 1.21. The van der Waals surface area contributed by atoms with Gasteiger partial charge in [0.1, 0.15) is 5.69 Å². The summed E-state index contributed by atoms with van der Waals surface area (Å²) in [6, 6.07) is 10.3. The van der Waals surface area contributed by atoms with Crippen LogP contribution in [0.4, 0.5) is 4.79 Å². The van der Waals surface area contributed by atoms with Crippen molar-refractivity contribution in [1.82, 2.24) is 9.78 Å². The van der Waals surface area contributed by atoms with Crippen LogP contribution in [-0.2, 0) is 21.9 Å². The zero-order valence-corrected chi connectivity index (χ0v) is 19.7. The van der Waals surface area contributed by atoms with Crippen LogP contribution in [-0.4, -0.2) is 40.9 Å². The Morgan fingerprint density at radius 1 is 1.23 bits per heavy atom. The number of aryl methyl sites for hydroxylation is 2. The molecule has 30 heavy (non-hydrogen) atoms. The molecule has 1 aromatic carbocycles. The minimum atomic E-state index is -0.363. The normalized spacial score (nSPS) is 12.8. The number of thioether (sulfide) groups is 1. The smallest absolute Gasteiger partial charge is 0.370 e. The van der Waals surface area contributed by atoms with Crippen LogP contribution in [0.25, 0.3) is 11.3 Å². The van der Waals surface area contributed by atoms with Crippen molar-refractivity contribution in [2.24, 2.45) is 12.0 Å². The molecule has 0 saturated carbocycles. The fraction of sp³-hybridized carbons (Fsp3) is 0.435. The molecular formula is C23H31N3O3S. The minimum absolute atomic E-state index is 0.0604. The van der Waals surface area contributed by atoms with E-state index in [1.165, 1.54) is 5.56 Å². The second-order valence-corrected chi connectivity index (χ2v) is 9.04. The monoisotopic (exact) mass is 429 g/mol. The maximum atomic E-state index is 11.7. The molecule has 0 aliphatic carbocycles. The SMILES string of the molecule is CCSC(=O)OCO/C(=C(/C=NC)c1ccc(C(C)(C)C)cc1)c1cc(C)nn1C. The molecule has 0 spiro atoms. The van der Waals surface area contributed by atoms with Gasteiger partial charge in [-0.2, -0.15) is 5.10 Å². The molecule has 0 unspecified atom stereocenters. The summed E-state index contributed by atoms with van der Waals surface area (Å²) in [6.07, 6.45) is 1.76. The average Bonchev–Trinajstić information content (AvgIpc) is 3.01. The number of ether oxygens (including phenoxy) is 2. The van der Waals surface area contributed by atoms with Gasteiger partial charge in [0, 0.05) is 31.6 Å². The van der Waals surface area contributed by atoms with E-state index in [1.54, 1.807) is 17.9 Å². The molecule has 0 radical (unpaired) electrons. The van der Waals surface area contributed by atoms with Crippen molar-refractivity contribution in [2.45, 2.75) is 40.0 Å². The number of aromatic nitrogens is 2. The molecule has 0 bridgehead atoms. The highest BCUT2D eigenvalue weighted by Gasteiger charge is 2.19. The summed E-state index contributed by atoms with van der Waals surface area (Å²) in [7, 11) is 3.57. The second-order valence-electron chi connectivity index (χ2n) is 7.84. The van der Waals surface area contributed by atoms with Crippen LogP contribution >= 0.6 is 11.8 Å². The van der Waals surface area contributed by atoms with Crippen molar-refractivity contribution < 1.29 is 14.3 Å². The van der Waals surface area contributed by atoms with Gasteiger partial charge in [-0.3, -0.25) is 9.67 Å². The Morgan fingerprint density at radius 3 is 2.40 bits per heavy atom. The molecule has 1 heterocycles. The van der Waals surface area contributed by atoms with E-state index in [4.69, 9.17) is 9.47 Å². The molecule has 0 atom stereocenters. The van der Waals surface area contributed by atoms with Gasteiger partial charge in [-0.05, 0) is 41.3 Å². The Hall–Kier alpha value is -2.54. The summed E-state index contributed by atoms with van der Waals surface area (Å²) in [5, 5.41) is 4.07. The molecule has 6 nitrogen and oxygen atoms in total. The molecule has 0 fully saturated rings. The highest BCUT2D eigenvalue weighted by Crippen LogP contribution is 2.29. The van der Waals surface area contributed by atoms with Gasteiger partial charge in [-0.1, -0.05) is 52.0 Å². The van der Waals surface area contributed by atoms with Crippen molar-refractivity contribution in [3.8, 4) is 0 Å². The molecule has 2 rings (SSSR count). The van der Waals surface area contributed by atoms with Gasteiger partial charge < -0.3 is 9.47 Å². The van der Waals surface area contributed by atoms with Gasteiger partial charge in [0.05, 0.1) is 5.69 Å². The fourth-order valence-electron chi connectivity index (χ4n) is 2.95. The number of allylic oxidation sites excluding steroid dienone is 1. The standard InChI is InChI=1S/C23H31N3O3S/c1-8-30-22(27)29-15-28-21(20-13-16(2)25-26(20)7)19(14-24-6)17-9-11-18(12-10-17)23(3,4)5/h9-14H,8,15H2,1-7H3/b21-19-,24-14?. The highest BCUT2D eigenvalue weighted by atomic mass is 32.2.